The van der Waals surface area contributed by atoms with Gasteiger partial charge in [-0.25, -0.2) is 0 Å². The molecule has 0 bridgehead atoms. The van der Waals surface area contributed by atoms with Crippen molar-refractivity contribution in [2.24, 2.45) is 0 Å². The van der Waals surface area contributed by atoms with Crippen LogP contribution in [0, 0.1) is 3.57 Å². The number of hydrogen-bond acceptors (Lipinski definition) is 1. The molecule has 0 amide bonds. The molecule has 0 atom stereocenters. The van der Waals surface area contributed by atoms with Crippen molar-refractivity contribution in [1.82, 2.24) is 0 Å². The van der Waals surface area contributed by atoms with Crippen LogP contribution in [0.25, 0.3) is 20.2 Å². The molecule has 0 fully saturated rings. The highest BCUT2D eigenvalue weighted by Crippen LogP contribution is 2.34. The number of rotatable bonds is 0. The molecule has 0 saturated carbocycles. The van der Waals surface area contributed by atoms with Crippen LogP contribution in [-0.4, -0.2) is 0 Å². The van der Waals surface area contributed by atoms with Gasteiger partial charge in [-0.2, -0.15) is 0 Å². The molecule has 68 valence electrons. The Morgan fingerprint density at radius 3 is 2.57 bits per heavy atom. The predicted octanol–water partition coefficient (Wildman–Crippen LogP) is 4.66. The molecule has 14 heavy (non-hydrogen) atoms. The molecule has 1 aromatic heterocycles. The molecule has 0 aliphatic heterocycles. The molecular weight excluding hydrogens is 303 g/mol. The molecule has 2 aromatic carbocycles. The van der Waals surface area contributed by atoms with Crippen molar-refractivity contribution >= 4 is 54.1 Å². The second-order valence-electron chi connectivity index (χ2n) is 3.24. The van der Waals surface area contributed by atoms with Crippen LogP contribution in [0.2, 0.25) is 0 Å². The minimum atomic E-state index is 1.31. The standard InChI is InChI=1S/C12H7IS/c13-8-5-6-10-9-3-1-2-4-11(9)14-12(10)7-8/h1-7H. The molecule has 2 heteroatoms. The van der Waals surface area contributed by atoms with Crippen molar-refractivity contribution in [3.05, 3.63) is 46.0 Å². The summed E-state index contributed by atoms with van der Waals surface area (Å²) >= 11 is 4.23. The van der Waals surface area contributed by atoms with Gasteiger partial charge in [0.25, 0.3) is 0 Å². The molecule has 3 aromatic rings. The maximum Gasteiger partial charge on any atom is 0.0365 e. The summed E-state index contributed by atoms with van der Waals surface area (Å²) in [7, 11) is 0. The number of thiophene rings is 1. The zero-order valence-electron chi connectivity index (χ0n) is 7.33. The Kier molecular flexibility index (Phi) is 1.99. The predicted molar refractivity (Wildman–Crippen MR) is 72.0 cm³/mol. The molecular formula is C12H7IS. The van der Waals surface area contributed by atoms with E-state index >= 15 is 0 Å². The molecule has 0 nitrogen and oxygen atoms in total. The Morgan fingerprint density at radius 1 is 0.857 bits per heavy atom. The van der Waals surface area contributed by atoms with Crippen LogP contribution in [0.1, 0.15) is 0 Å². The van der Waals surface area contributed by atoms with E-state index < -0.39 is 0 Å². The normalized spacial score (nSPS) is 11.2. The van der Waals surface area contributed by atoms with Crippen molar-refractivity contribution in [3.8, 4) is 0 Å². The monoisotopic (exact) mass is 310 g/mol. The molecule has 3 rings (SSSR count). The van der Waals surface area contributed by atoms with E-state index in [1.165, 1.54) is 23.7 Å². The maximum absolute atomic E-state index is 2.36. The Balaban J connectivity index is 2.57. The first-order valence-corrected chi connectivity index (χ1v) is 6.31. The highest BCUT2D eigenvalue weighted by molar-refractivity contribution is 14.1. The van der Waals surface area contributed by atoms with Crippen LogP contribution in [0.3, 0.4) is 0 Å². The summed E-state index contributed by atoms with van der Waals surface area (Å²) in [6, 6.07) is 15.2. The summed E-state index contributed by atoms with van der Waals surface area (Å²) in [5.74, 6) is 0. The molecule has 0 radical (unpaired) electrons. The summed E-state index contributed by atoms with van der Waals surface area (Å²) in [6.07, 6.45) is 0. The summed E-state index contributed by atoms with van der Waals surface area (Å²) in [5.41, 5.74) is 0. The van der Waals surface area contributed by atoms with E-state index in [1.807, 2.05) is 11.3 Å². The Hall–Kier alpha value is -0.610. The van der Waals surface area contributed by atoms with Gasteiger partial charge in [0.15, 0.2) is 0 Å². The average Bonchev–Trinajstić information content (AvgIpc) is 2.54. The van der Waals surface area contributed by atoms with Gasteiger partial charge < -0.3 is 0 Å². The van der Waals surface area contributed by atoms with Crippen molar-refractivity contribution in [2.45, 2.75) is 0 Å². The fraction of sp³-hybridized carbons (Fsp3) is 0. The van der Waals surface area contributed by atoms with E-state index in [0.29, 0.717) is 0 Å². The van der Waals surface area contributed by atoms with E-state index in [2.05, 4.69) is 65.1 Å². The van der Waals surface area contributed by atoms with Gasteiger partial charge in [-0.3, -0.25) is 0 Å². The van der Waals surface area contributed by atoms with Crippen LogP contribution >= 0.6 is 33.9 Å². The van der Waals surface area contributed by atoms with E-state index in [0.717, 1.165) is 0 Å². The SMILES string of the molecule is Ic1ccc2c(c1)sc1ccccc12. The Bertz CT molecular complexity index is 610. The minimum absolute atomic E-state index is 1.31. The lowest BCUT2D eigenvalue weighted by Gasteiger charge is -1.91. The number of halogens is 1. The first-order chi connectivity index (χ1) is 6.84. The minimum Gasteiger partial charge on any atom is -0.135 e. The van der Waals surface area contributed by atoms with Gasteiger partial charge >= 0.3 is 0 Å². The van der Waals surface area contributed by atoms with E-state index in [1.54, 1.807) is 0 Å². The fourth-order valence-corrected chi connectivity index (χ4v) is 3.55. The highest BCUT2D eigenvalue weighted by atomic mass is 127. The number of benzene rings is 2. The van der Waals surface area contributed by atoms with E-state index in [-0.39, 0.29) is 0 Å². The zero-order valence-corrected chi connectivity index (χ0v) is 10.3. The van der Waals surface area contributed by atoms with Crippen LogP contribution < -0.4 is 0 Å². The molecule has 0 spiro atoms. The van der Waals surface area contributed by atoms with Gasteiger partial charge in [0.1, 0.15) is 0 Å². The maximum atomic E-state index is 2.36. The van der Waals surface area contributed by atoms with Crippen LogP contribution in [-0.2, 0) is 0 Å². The second-order valence-corrected chi connectivity index (χ2v) is 5.57. The van der Waals surface area contributed by atoms with Crippen LogP contribution in [0.15, 0.2) is 42.5 Å². The lowest BCUT2D eigenvalue weighted by Crippen LogP contribution is -1.68. The average molecular weight is 310 g/mol. The molecule has 0 aliphatic rings. The number of hydrogen-bond donors (Lipinski definition) is 0. The summed E-state index contributed by atoms with van der Waals surface area (Å²) in [4.78, 5) is 0. The molecule has 0 aliphatic carbocycles. The van der Waals surface area contributed by atoms with Crippen molar-refractivity contribution in [2.75, 3.05) is 0 Å². The third-order valence-corrected chi connectivity index (χ3v) is 4.15. The van der Waals surface area contributed by atoms with E-state index in [9.17, 15) is 0 Å². The van der Waals surface area contributed by atoms with Gasteiger partial charge in [-0.15, -0.1) is 11.3 Å². The topological polar surface area (TPSA) is 0 Å². The molecule has 0 N–H and O–H groups in total. The van der Waals surface area contributed by atoms with Gasteiger partial charge in [0, 0.05) is 23.7 Å². The third kappa shape index (κ3) is 1.25. The largest absolute Gasteiger partial charge is 0.135 e. The smallest absolute Gasteiger partial charge is 0.0365 e. The lowest BCUT2D eigenvalue weighted by molar-refractivity contribution is 1.77. The first-order valence-electron chi connectivity index (χ1n) is 4.41. The van der Waals surface area contributed by atoms with Crippen molar-refractivity contribution < 1.29 is 0 Å². The van der Waals surface area contributed by atoms with Crippen LogP contribution in [0.5, 0.6) is 0 Å². The Morgan fingerprint density at radius 2 is 1.64 bits per heavy atom. The second kappa shape index (κ2) is 3.21. The molecule has 1 heterocycles. The zero-order chi connectivity index (χ0) is 9.54. The number of fused-ring (bicyclic) bond motifs is 3. The fourth-order valence-electron chi connectivity index (χ4n) is 1.70. The summed E-state index contributed by atoms with van der Waals surface area (Å²) in [5, 5.41) is 2.76. The summed E-state index contributed by atoms with van der Waals surface area (Å²) in [6.45, 7) is 0. The van der Waals surface area contributed by atoms with Gasteiger partial charge in [0.2, 0.25) is 0 Å². The summed E-state index contributed by atoms with van der Waals surface area (Å²) < 4.78 is 4.07. The quantitative estimate of drug-likeness (QED) is 0.530. The van der Waals surface area contributed by atoms with Gasteiger partial charge in [0.05, 0.1) is 0 Å². The van der Waals surface area contributed by atoms with Crippen molar-refractivity contribution in [1.29, 1.82) is 0 Å². The van der Waals surface area contributed by atoms with Gasteiger partial charge in [-0.05, 0) is 40.8 Å². The molecule has 0 unspecified atom stereocenters. The first kappa shape index (κ1) is 8.68. The van der Waals surface area contributed by atoms with E-state index in [4.69, 9.17) is 0 Å². The lowest BCUT2D eigenvalue weighted by atomic mass is 10.2. The Labute approximate surface area is 99.7 Å². The molecule has 0 saturated heterocycles. The van der Waals surface area contributed by atoms with Crippen molar-refractivity contribution in [3.63, 3.8) is 0 Å². The highest BCUT2D eigenvalue weighted by Gasteiger charge is 2.03. The van der Waals surface area contributed by atoms with Gasteiger partial charge in [-0.1, -0.05) is 24.3 Å². The van der Waals surface area contributed by atoms with Crippen LogP contribution in [0.4, 0.5) is 0 Å². The third-order valence-electron chi connectivity index (χ3n) is 2.34.